The molecule has 5 nitrogen and oxygen atoms in total. The monoisotopic (exact) mass is 312 g/mol. The molecule has 0 aliphatic heterocycles. The average molecular weight is 312 g/mol. The van der Waals surface area contributed by atoms with Gasteiger partial charge < -0.3 is 15.4 Å². The average Bonchev–Trinajstić information content (AvgIpc) is 2.59. The maximum atomic E-state index is 12.1. The number of hydrogen-bond acceptors (Lipinski definition) is 3. The lowest BCUT2D eigenvalue weighted by atomic mass is 10.1. The molecule has 0 atom stereocenters. The Hall–Kier alpha value is -2.82. The number of para-hydroxylation sites is 1. The van der Waals surface area contributed by atoms with Gasteiger partial charge in [-0.15, -0.1) is 0 Å². The molecule has 0 radical (unpaired) electrons. The van der Waals surface area contributed by atoms with Crippen LogP contribution in [-0.4, -0.2) is 32.0 Å². The van der Waals surface area contributed by atoms with Gasteiger partial charge in [-0.2, -0.15) is 0 Å². The van der Waals surface area contributed by atoms with E-state index in [9.17, 15) is 9.59 Å². The fourth-order valence-corrected chi connectivity index (χ4v) is 2.15. The van der Waals surface area contributed by atoms with Crippen LogP contribution in [-0.2, 0) is 11.2 Å². The molecule has 23 heavy (non-hydrogen) atoms. The van der Waals surface area contributed by atoms with Gasteiger partial charge in [0.1, 0.15) is 5.75 Å². The second kappa shape index (κ2) is 8.58. The highest BCUT2D eigenvalue weighted by molar-refractivity contribution is 5.96. The molecule has 0 unspecified atom stereocenters. The molecule has 0 aliphatic rings. The van der Waals surface area contributed by atoms with Crippen LogP contribution in [0.4, 0.5) is 0 Å². The van der Waals surface area contributed by atoms with E-state index in [1.807, 2.05) is 30.3 Å². The van der Waals surface area contributed by atoms with Crippen molar-refractivity contribution >= 4 is 11.8 Å². The molecule has 0 heterocycles. The summed E-state index contributed by atoms with van der Waals surface area (Å²) in [6, 6.07) is 16.5. The molecule has 0 bridgehead atoms. The van der Waals surface area contributed by atoms with Crippen LogP contribution in [0.25, 0.3) is 0 Å². The van der Waals surface area contributed by atoms with E-state index >= 15 is 0 Å². The molecule has 0 aliphatic carbocycles. The molecule has 0 spiro atoms. The predicted octanol–water partition coefficient (Wildman–Crippen LogP) is 1.78. The number of ether oxygens (including phenoxy) is 1. The van der Waals surface area contributed by atoms with Crippen LogP contribution in [0.1, 0.15) is 15.9 Å². The lowest BCUT2D eigenvalue weighted by molar-refractivity contribution is -0.120. The second-order valence-electron chi connectivity index (χ2n) is 4.97. The van der Waals surface area contributed by atoms with Crippen LogP contribution in [0, 0.1) is 0 Å². The number of carbonyl (C=O) groups excluding carboxylic acids is 2. The minimum atomic E-state index is -0.222. The summed E-state index contributed by atoms with van der Waals surface area (Å²) in [6.45, 7) is 0.740. The number of hydrogen-bond donors (Lipinski definition) is 2. The Morgan fingerprint density at radius 1 is 0.913 bits per heavy atom. The minimum absolute atomic E-state index is 0.0669. The Kier molecular flexibility index (Phi) is 6.17. The molecule has 0 fully saturated rings. The number of amides is 2. The summed E-state index contributed by atoms with van der Waals surface area (Å²) in [5, 5.41) is 5.54. The number of carbonyl (C=O) groups is 2. The molecule has 2 rings (SSSR count). The summed E-state index contributed by atoms with van der Waals surface area (Å²) in [6.07, 6.45) is 0.335. The van der Waals surface area contributed by atoms with Crippen LogP contribution in [0.5, 0.6) is 5.75 Å². The highest BCUT2D eigenvalue weighted by Crippen LogP contribution is 2.16. The van der Waals surface area contributed by atoms with Crippen LogP contribution in [0.3, 0.4) is 0 Å². The smallest absolute Gasteiger partial charge is 0.255 e. The third kappa shape index (κ3) is 5.14. The van der Waals surface area contributed by atoms with Gasteiger partial charge in [0.15, 0.2) is 0 Å². The Bertz CT molecular complexity index is 656. The van der Waals surface area contributed by atoms with Crippen molar-refractivity contribution < 1.29 is 14.3 Å². The molecular weight excluding hydrogens is 292 g/mol. The molecule has 0 aromatic heterocycles. The van der Waals surface area contributed by atoms with Gasteiger partial charge in [0.25, 0.3) is 5.91 Å². The van der Waals surface area contributed by atoms with E-state index in [4.69, 9.17) is 4.74 Å². The summed E-state index contributed by atoms with van der Waals surface area (Å²) in [4.78, 5) is 23.8. The Labute approximate surface area is 135 Å². The molecule has 2 N–H and O–H groups in total. The third-order valence-electron chi connectivity index (χ3n) is 3.29. The van der Waals surface area contributed by atoms with Crippen molar-refractivity contribution in [3.63, 3.8) is 0 Å². The van der Waals surface area contributed by atoms with Crippen molar-refractivity contribution in [1.82, 2.24) is 10.6 Å². The van der Waals surface area contributed by atoms with Crippen molar-refractivity contribution in [2.45, 2.75) is 6.42 Å². The summed E-state index contributed by atoms with van der Waals surface area (Å²) in [5.74, 6) is 0.237. The van der Waals surface area contributed by atoms with Crippen LogP contribution in [0.15, 0.2) is 54.6 Å². The molecule has 120 valence electrons. The molecule has 0 saturated carbocycles. The maximum absolute atomic E-state index is 12.1. The molecular formula is C18H20N2O3. The zero-order valence-corrected chi connectivity index (χ0v) is 13.0. The maximum Gasteiger partial charge on any atom is 0.255 e. The van der Waals surface area contributed by atoms with Gasteiger partial charge in [-0.05, 0) is 17.7 Å². The van der Waals surface area contributed by atoms with E-state index in [0.29, 0.717) is 30.8 Å². The quantitative estimate of drug-likeness (QED) is 0.766. The van der Waals surface area contributed by atoms with Gasteiger partial charge in [-0.25, -0.2) is 0 Å². The minimum Gasteiger partial charge on any atom is -0.496 e. The van der Waals surface area contributed by atoms with Crippen molar-refractivity contribution in [2.24, 2.45) is 0 Å². The van der Waals surface area contributed by atoms with Gasteiger partial charge in [0.2, 0.25) is 5.91 Å². The zero-order chi connectivity index (χ0) is 16.5. The first-order valence-electron chi connectivity index (χ1n) is 7.42. The number of benzene rings is 2. The van der Waals surface area contributed by atoms with Gasteiger partial charge in [0, 0.05) is 13.1 Å². The van der Waals surface area contributed by atoms with Gasteiger partial charge in [-0.1, -0.05) is 42.5 Å². The first-order chi connectivity index (χ1) is 11.2. The molecule has 2 aromatic carbocycles. The van der Waals surface area contributed by atoms with E-state index < -0.39 is 0 Å². The van der Waals surface area contributed by atoms with Gasteiger partial charge in [-0.3, -0.25) is 9.59 Å². The Morgan fingerprint density at radius 2 is 1.57 bits per heavy atom. The number of nitrogens with one attached hydrogen (secondary N) is 2. The van der Waals surface area contributed by atoms with Crippen molar-refractivity contribution in [3.05, 3.63) is 65.7 Å². The predicted molar refractivity (Wildman–Crippen MR) is 88.5 cm³/mol. The SMILES string of the molecule is COc1ccccc1C(=O)NCCNC(=O)Cc1ccccc1. The van der Waals surface area contributed by atoms with Gasteiger partial charge in [0.05, 0.1) is 19.1 Å². The number of methoxy groups -OCH3 is 1. The lowest BCUT2D eigenvalue weighted by Gasteiger charge is -2.09. The normalized spacial score (nSPS) is 9.96. The topological polar surface area (TPSA) is 67.4 Å². The van der Waals surface area contributed by atoms with E-state index in [1.165, 1.54) is 7.11 Å². The fraction of sp³-hybridized carbons (Fsp3) is 0.222. The largest absolute Gasteiger partial charge is 0.496 e. The first kappa shape index (κ1) is 16.5. The van der Waals surface area contributed by atoms with Crippen molar-refractivity contribution in [3.8, 4) is 5.75 Å². The summed E-state index contributed by atoms with van der Waals surface area (Å²) < 4.78 is 5.15. The fourth-order valence-electron chi connectivity index (χ4n) is 2.15. The van der Waals surface area contributed by atoms with E-state index in [2.05, 4.69) is 10.6 Å². The van der Waals surface area contributed by atoms with Crippen molar-refractivity contribution in [1.29, 1.82) is 0 Å². The van der Waals surface area contributed by atoms with Crippen LogP contribution in [0.2, 0.25) is 0 Å². The first-order valence-corrected chi connectivity index (χ1v) is 7.42. The molecule has 0 saturated heterocycles. The Balaban J connectivity index is 1.72. The third-order valence-corrected chi connectivity index (χ3v) is 3.29. The van der Waals surface area contributed by atoms with Gasteiger partial charge >= 0.3 is 0 Å². The van der Waals surface area contributed by atoms with Crippen LogP contribution < -0.4 is 15.4 Å². The summed E-state index contributed by atoms with van der Waals surface area (Å²) in [7, 11) is 1.52. The lowest BCUT2D eigenvalue weighted by Crippen LogP contribution is -2.35. The molecule has 2 aromatic rings. The molecule has 2 amide bonds. The second-order valence-corrected chi connectivity index (χ2v) is 4.97. The van der Waals surface area contributed by atoms with Crippen molar-refractivity contribution in [2.75, 3.05) is 20.2 Å². The van der Waals surface area contributed by atoms with E-state index in [0.717, 1.165) is 5.56 Å². The zero-order valence-electron chi connectivity index (χ0n) is 13.0. The van der Waals surface area contributed by atoms with E-state index in [1.54, 1.807) is 24.3 Å². The highest BCUT2D eigenvalue weighted by Gasteiger charge is 2.10. The summed E-state index contributed by atoms with van der Waals surface area (Å²) in [5.41, 5.74) is 1.44. The van der Waals surface area contributed by atoms with Crippen LogP contribution >= 0.6 is 0 Å². The highest BCUT2D eigenvalue weighted by atomic mass is 16.5. The number of rotatable bonds is 7. The molecule has 5 heteroatoms. The standard InChI is InChI=1S/C18H20N2O3/c1-23-16-10-6-5-9-15(16)18(22)20-12-11-19-17(21)13-14-7-3-2-4-8-14/h2-10H,11-13H2,1H3,(H,19,21)(H,20,22). The van der Waals surface area contributed by atoms with E-state index in [-0.39, 0.29) is 11.8 Å². The summed E-state index contributed by atoms with van der Waals surface area (Å²) >= 11 is 0. The Morgan fingerprint density at radius 3 is 2.30 bits per heavy atom.